The largest absolute Gasteiger partial charge is 0.508 e. The summed E-state index contributed by atoms with van der Waals surface area (Å²) >= 11 is 0. The first kappa shape index (κ1) is 27.8. The lowest BCUT2D eigenvalue weighted by molar-refractivity contribution is 0.0921. The van der Waals surface area contributed by atoms with Gasteiger partial charge in [0.15, 0.2) is 0 Å². The van der Waals surface area contributed by atoms with Crippen LogP contribution in [0.5, 0.6) is 5.75 Å². The first-order valence-corrected chi connectivity index (χ1v) is 14.4. The molecule has 0 saturated heterocycles. The van der Waals surface area contributed by atoms with Gasteiger partial charge in [-0.15, -0.1) is 0 Å². The molecule has 3 aromatic carbocycles. The molecule has 0 fully saturated rings. The SMILES string of the molecule is Cc1ccc(CN(CCNC(=O)c2ccc3c(c2)CCN(S(=O)(=O)c2ccc(O)cc2)C3)C(C)(C)C)cc1. The number of phenolic OH excluding ortho intramolecular Hbond substituents is 1. The van der Waals surface area contributed by atoms with Gasteiger partial charge in [-0.1, -0.05) is 35.9 Å². The summed E-state index contributed by atoms with van der Waals surface area (Å²) in [4.78, 5) is 15.4. The van der Waals surface area contributed by atoms with E-state index in [1.54, 1.807) is 6.07 Å². The van der Waals surface area contributed by atoms with E-state index in [2.05, 4.69) is 62.2 Å². The normalized spacial score (nSPS) is 14.3. The number of amides is 1. The number of sulfonamides is 1. The molecular formula is C30H37N3O4S. The lowest BCUT2D eigenvalue weighted by atomic mass is 9.98. The van der Waals surface area contributed by atoms with Crippen molar-refractivity contribution in [3.63, 3.8) is 0 Å². The average Bonchev–Trinajstić information content (AvgIpc) is 2.88. The highest BCUT2D eigenvalue weighted by atomic mass is 32.2. The summed E-state index contributed by atoms with van der Waals surface area (Å²) in [6, 6.07) is 19.6. The minimum absolute atomic E-state index is 0.0242. The van der Waals surface area contributed by atoms with Crippen molar-refractivity contribution in [3.8, 4) is 5.75 Å². The molecule has 1 amide bonds. The Morgan fingerprint density at radius 3 is 2.34 bits per heavy atom. The lowest BCUT2D eigenvalue weighted by Crippen LogP contribution is -2.45. The summed E-state index contributed by atoms with van der Waals surface area (Å²) in [5.74, 6) is -0.104. The molecule has 0 spiro atoms. The number of rotatable bonds is 8. The molecule has 202 valence electrons. The van der Waals surface area contributed by atoms with Crippen LogP contribution in [-0.2, 0) is 29.5 Å². The number of fused-ring (bicyclic) bond motifs is 1. The number of carbonyl (C=O) groups excluding carboxylic acids is 1. The summed E-state index contributed by atoms with van der Waals surface area (Å²) in [7, 11) is -3.67. The summed E-state index contributed by atoms with van der Waals surface area (Å²) in [5, 5.41) is 12.5. The first-order valence-electron chi connectivity index (χ1n) is 12.9. The Hall–Kier alpha value is -3.20. The molecule has 0 radical (unpaired) electrons. The molecule has 0 bridgehead atoms. The van der Waals surface area contributed by atoms with Crippen LogP contribution in [0.25, 0.3) is 0 Å². The van der Waals surface area contributed by atoms with Gasteiger partial charge in [-0.3, -0.25) is 9.69 Å². The second-order valence-corrected chi connectivity index (χ2v) is 12.8. The molecule has 2 N–H and O–H groups in total. The number of benzene rings is 3. The zero-order valence-electron chi connectivity index (χ0n) is 22.6. The van der Waals surface area contributed by atoms with Crippen LogP contribution in [0.3, 0.4) is 0 Å². The molecular weight excluding hydrogens is 498 g/mol. The second kappa shape index (κ2) is 11.3. The predicted octanol–water partition coefficient (Wildman–Crippen LogP) is 4.48. The quantitative estimate of drug-likeness (QED) is 0.444. The van der Waals surface area contributed by atoms with Crippen LogP contribution in [-0.4, -0.2) is 53.8 Å². The van der Waals surface area contributed by atoms with E-state index in [0.29, 0.717) is 25.1 Å². The zero-order chi connectivity index (χ0) is 27.5. The summed E-state index contributed by atoms with van der Waals surface area (Å²) < 4.78 is 27.5. The minimum atomic E-state index is -3.67. The number of aromatic hydroxyl groups is 1. The molecule has 1 heterocycles. The molecule has 38 heavy (non-hydrogen) atoms. The molecule has 7 nitrogen and oxygen atoms in total. The molecule has 1 aliphatic heterocycles. The standard InChI is InChI=1S/C30H37N3O4S/c1-22-5-7-23(8-6-22)20-32(30(2,3)4)18-16-31-29(35)25-9-10-26-21-33(17-15-24(26)19-25)38(36,37)28-13-11-27(34)12-14-28/h5-14,19,34H,15-18,20-21H2,1-4H3,(H,31,35). The summed E-state index contributed by atoms with van der Waals surface area (Å²) in [6.07, 6.45) is 0.530. The maximum absolute atomic E-state index is 13.0. The van der Waals surface area contributed by atoms with Crippen LogP contribution in [0.15, 0.2) is 71.6 Å². The number of hydrogen-bond acceptors (Lipinski definition) is 5. The van der Waals surface area contributed by atoms with E-state index in [-0.39, 0.29) is 28.6 Å². The third-order valence-corrected chi connectivity index (χ3v) is 8.89. The highest BCUT2D eigenvalue weighted by molar-refractivity contribution is 7.89. The van der Waals surface area contributed by atoms with Crippen LogP contribution in [0.2, 0.25) is 0 Å². The summed E-state index contributed by atoms with van der Waals surface area (Å²) in [5.41, 5.74) is 4.90. The van der Waals surface area contributed by atoms with Crippen molar-refractivity contribution < 1.29 is 18.3 Å². The fourth-order valence-electron chi connectivity index (χ4n) is 4.61. The van der Waals surface area contributed by atoms with Crippen LogP contribution in [0.4, 0.5) is 0 Å². The van der Waals surface area contributed by atoms with Crippen LogP contribution in [0.1, 0.15) is 53.4 Å². The smallest absolute Gasteiger partial charge is 0.251 e. The number of aryl methyl sites for hydroxylation is 1. The third kappa shape index (κ3) is 6.62. The number of nitrogens with zero attached hydrogens (tertiary/aromatic N) is 2. The van der Waals surface area contributed by atoms with Gasteiger partial charge in [-0.2, -0.15) is 4.31 Å². The first-order chi connectivity index (χ1) is 17.9. The van der Waals surface area contributed by atoms with E-state index in [1.165, 1.54) is 39.7 Å². The van der Waals surface area contributed by atoms with Crippen LogP contribution < -0.4 is 5.32 Å². The van der Waals surface area contributed by atoms with Gasteiger partial charge < -0.3 is 10.4 Å². The van der Waals surface area contributed by atoms with Gasteiger partial charge in [0, 0.05) is 43.8 Å². The molecule has 8 heteroatoms. The van der Waals surface area contributed by atoms with Crippen LogP contribution in [0, 0.1) is 6.92 Å². The van der Waals surface area contributed by atoms with E-state index >= 15 is 0 Å². The fourth-order valence-corrected chi connectivity index (χ4v) is 6.03. The fraction of sp³-hybridized carbons (Fsp3) is 0.367. The summed E-state index contributed by atoms with van der Waals surface area (Å²) in [6.45, 7) is 11.3. The number of nitrogens with one attached hydrogen (secondary N) is 1. The van der Waals surface area contributed by atoms with Gasteiger partial charge in [-0.05, 0) is 87.2 Å². The van der Waals surface area contributed by atoms with Crippen molar-refractivity contribution in [2.75, 3.05) is 19.6 Å². The highest BCUT2D eigenvalue weighted by Crippen LogP contribution is 2.27. The van der Waals surface area contributed by atoms with E-state index in [0.717, 1.165) is 24.2 Å². The molecule has 4 rings (SSSR count). The predicted molar refractivity (Wildman–Crippen MR) is 150 cm³/mol. The third-order valence-electron chi connectivity index (χ3n) is 7.03. The number of carbonyl (C=O) groups is 1. The van der Waals surface area contributed by atoms with E-state index in [9.17, 15) is 18.3 Å². The van der Waals surface area contributed by atoms with Gasteiger partial charge >= 0.3 is 0 Å². The highest BCUT2D eigenvalue weighted by Gasteiger charge is 2.29. The van der Waals surface area contributed by atoms with E-state index in [1.807, 2.05) is 12.1 Å². The van der Waals surface area contributed by atoms with Crippen molar-refractivity contribution >= 4 is 15.9 Å². The van der Waals surface area contributed by atoms with Gasteiger partial charge in [-0.25, -0.2) is 8.42 Å². The molecule has 1 aliphatic rings. The van der Waals surface area contributed by atoms with Crippen molar-refractivity contribution in [1.29, 1.82) is 0 Å². The topological polar surface area (TPSA) is 90.0 Å². The molecule has 0 atom stereocenters. The second-order valence-electron chi connectivity index (χ2n) is 10.9. The van der Waals surface area contributed by atoms with Crippen molar-refractivity contribution in [2.24, 2.45) is 0 Å². The maximum atomic E-state index is 13.0. The molecule has 0 aliphatic carbocycles. The molecule has 0 unspecified atom stereocenters. The van der Waals surface area contributed by atoms with E-state index in [4.69, 9.17) is 0 Å². The molecule has 3 aromatic rings. The van der Waals surface area contributed by atoms with Gasteiger partial charge in [0.25, 0.3) is 5.91 Å². The van der Waals surface area contributed by atoms with Crippen molar-refractivity contribution in [3.05, 3.63) is 94.5 Å². The Morgan fingerprint density at radius 1 is 1.00 bits per heavy atom. The van der Waals surface area contributed by atoms with Crippen molar-refractivity contribution in [2.45, 2.75) is 57.6 Å². The van der Waals surface area contributed by atoms with Gasteiger partial charge in [0.05, 0.1) is 4.90 Å². The molecule has 0 saturated carbocycles. The Kier molecular flexibility index (Phi) is 8.25. The Labute approximate surface area is 226 Å². The Morgan fingerprint density at radius 2 is 1.68 bits per heavy atom. The van der Waals surface area contributed by atoms with Crippen molar-refractivity contribution in [1.82, 2.24) is 14.5 Å². The van der Waals surface area contributed by atoms with E-state index < -0.39 is 10.0 Å². The average molecular weight is 536 g/mol. The monoisotopic (exact) mass is 535 g/mol. The lowest BCUT2D eigenvalue weighted by Gasteiger charge is -2.36. The maximum Gasteiger partial charge on any atom is 0.251 e. The Balaban J connectivity index is 1.36. The van der Waals surface area contributed by atoms with Gasteiger partial charge in [0.2, 0.25) is 10.0 Å². The van der Waals surface area contributed by atoms with Crippen LogP contribution >= 0.6 is 0 Å². The minimum Gasteiger partial charge on any atom is -0.508 e. The zero-order valence-corrected chi connectivity index (χ0v) is 23.4. The number of phenols is 1. The molecule has 0 aromatic heterocycles. The number of hydrogen-bond donors (Lipinski definition) is 2. The van der Waals surface area contributed by atoms with Gasteiger partial charge in [0.1, 0.15) is 5.75 Å². The Bertz CT molecular complexity index is 1380.